The van der Waals surface area contributed by atoms with Gasteiger partial charge in [0.05, 0.1) is 6.10 Å². The van der Waals surface area contributed by atoms with Crippen LogP contribution in [0.5, 0.6) is 0 Å². The molecule has 0 bridgehead atoms. The molecule has 0 aromatic heterocycles. The van der Waals surface area contributed by atoms with Gasteiger partial charge in [-0.2, -0.15) is 0 Å². The van der Waals surface area contributed by atoms with Crippen LogP contribution in [0.15, 0.2) is 0 Å². The van der Waals surface area contributed by atoms with E-state index in [1.54, 1.807) is 0 Å². The predicted octanol–water partition coefficient (Wildman–Crippen LogP) is 4.24. The Kier molecular flexibility index (Phi) is 7.02. The normalized spacial score (nSPS) is 30.6. The van der Waals surface area contributed by atoms with E-state index in [0.717, 1.165) is 6.42 Å². The molecular weight excluding hydrogens is 203 g/mol. The molecule has 0 aliphatic heterocycles. The van der Waals surface area contributed by atoms with E-state index in [0.29, 0.717) is 18.8 Å². The van der Waals surface area contributed by atoms with E-state index in [9.17, 15) is 9.50 Å². The highest BCUT2D eigenvalue weighted by Gasteiger charge is 2.28. The Balaban J connectivity index is 1.97. The monoisotopic (exact) mass is 230 g/mol. The number of hydrogen-bond acceptors (Lipinski definition) is 1. The van der Waals surface area contributed by atoms with Crippen molar-refractivity contribution in [1.82, 2.24) is 0 Å². The summed E-state index contributed by atoms with van der Waals surface area (Å²) >= 11 is 0. The molecule has 0 heterocycles. The lowest BCUT2D eigenvalue weighted by atomic mass is 9.83. The Morgan fingerprint density at radius 1 is 1.06 bits per heavy atom. The Bertz CT molecular complexity index is 172. The van der Waals surface area contributed by atoms with Crippen molar-refractivity contribution in [2.45, 2.75) is 83.4 Å². The summed E-state index contributed by atoms with van der Waals surface area (Å²) in [5.74, 6) is 0.532. The number of unbranched alkanes of at least 4 members (excludes halogenated alkanes) is 5. The van der Waals surface area contributed by atoms with Crippen LogP contribution >= 0.6 is 0 Å². The molecule has 0 aromatic rings. The number of rotatable bonds is 7. The van der Waals surface area contributed by atoms with Crippen LogP contribution in [0, 0.1) is 5.92 Å². The molecule has 1 fully saturated rings. The highest BCUT2D eigenvalue weighted by atomic mass is 19.1. The van der Waals surface area contributed by atoms with Gasteiger partial charge in [-0.15, -0.1) is 0 Å². The number of aliphatic hydroxyl groups excluding tert-OH is 1. The van der Waals surface area contributed by atoms with Crippen molar-refractivity contribution in [3.05, 3.63) is 0 Å². The van der Waals surface area contributed by atoms with Crippen LogP contribution in [0.3, 0.4) is 0 Å². The maximum Gasteiger partial charge on any atom is 0.126 e. The molecule has 0 amide bonds. The van der Waals surface area contributed by atoms with Crippen LogP contribution in [-0.2, 0) is 0 Å². The molecular formula is C14H27FO. The van der Waals surface area contributed by atoms with E-state index in [1.807, 2.05) is 0 Å². The van der Waals surface area contributed by atoms with Crippen LogP contribution in [0.1, 0.15) is 71.1 Å². The second-order valence-electron chi connectivity index (χ2n) is 5.32. The molecule has 0 radical (unpaired) electrons. The summed E-state index contributed by atoms with van der Waals surface area (Å²) in [6, 6.07) is 0. The number of halogens is 1. The highest BCUT2D eigenvalue weighted by molar-refractivity contribution is 4.79. The minimum atomic E-state index is -0.959. The average molecular weight is 230 g/mol. The standard InChI is InChI=1S/C14H27FO/c1-2-3-4-5-6-7-8-12-9-10-14(16)13(15)11-12/h12-14,16H,2-11H2,1H3. The van der Waals surface area contributed by atoms with E-state index in [2.05, 4.69) is 6.92 Å². The van der Waals surface area contributed by atoms with Crippen LogP contribution in [0.25, 0.3) is 0 Å². The summed E-state index contributed by atoms with van der Waals surface area (Å²) in [6.45, 7) is 2.23. The number of hydrogen-bond donors (Lipinski definition) is 1. The Hall–Kier alpha value is -0.110. The van der Waals surface area contributed by atoms with Crippen molar-refractivity contribution >= 4 is 0 Å². The quantitative estimate of drug-likeness (QED) is 0.649. The van der Waals surface area contributed by atoms with Crippen LogP contribution < -0.4 is 0 Å². The third-order valence-corrected chi connectivity index (χ3v) is 3.81. The smallest absolute Gasteiger partial charge is 0.126 e. The van der Waals surface area contributed by atoms with Gasteiger partial charge in [0.1, 0.15) is 6.17 Å². The first kappa shape index (κ1) is 14.0. The lowest BCUT2D eigenvalue weighted by molar-refractivity contribution is 0.0225. The molecule has 0 saturated heterocycles. The zero-order chi connectivity index (χ0) is 11.8. The SMILES string of the molecule is CCCCCCCCC1CCC(O)C(F)C1. The Morgan fingerprint density at radius 2 is 1.75 bits per heavy atom. The van der Waals surface area contributed by atoms with Gasteiger partial charge in [0.2, 0.25) is 0 Å². The summed E-state index contributed by atoms with van der Waals surface area (Å²) < 4.78 is 13.3. The molecule has 3 unspecified atom stereocenters. The van der Waals surface area contributed by atoms with Gasteiger partial charge in [-0.05, 0) is 25.2 Å². The fourth-order valence-corrected chi connectivity index (χ4v) is 2.66. The molecule has 1 saturated carbocycles. The third kappa shape index (κ3) is 5.29. The minimum absolute atomic E-state index is 0.532. The lowest BCUT2D eigenvalue weighted by Gasteiger charge is -2.28. The van der Waals surface area contributed by atoms with Crippen LogP contribution in [0.2, 0.25) is 0 Å². The second kappa shape index (κ2) is 8.05. The fraction of sp³-hybridized carbons (Fsp3) is 1.00. The van der Waals surface area contributed by atoms with Gasteiger partial charge in [0.25, 0.3) is 0 Å². The first-order chi connectivity index (χ1) is 7.74. The van der Waals surface area contributed by atoms with E-state index in [-0.39, 0.29) is 0 Å². The summed E-state index contributed by atoms with van der Waals surface area (Å²) in [7, 11) is 0. The molecule has 1 rings (SSSR count). The van der Waals surface area contributed by atoms with Crippen molar-refractivity contribution in [1.29, 1.82) is 0 Å². The zero-order valence-corrected chi connectivity index (χ0v) is 10.6. The first-order valence-corrected chi connectivity index (χ1v) is 7.06. The summed E-state index contributed by atoms with van der Waals surface area (Å²) in [5, 5.41) is 9.29. The molecule has 0 aromatic carbocycles. The summed E-state index contributed by atoms with van der Waals surface area (Å²) in [5.41, 5.74) is 0. The molecule has 0 spiro atoms. The van der Waals surface area contributed by atoms with Crippen molar-refractivity contribution < 1.29 is 9.50 Å². The topological polar surface area (TPSA) is 20.2 Å². The number of alkyl halides is 1. The second-order valence-corrected chi connectivity index (χ2v) is 5.32. The van der Waals surface area contributed by atoms with E-state index >= 15 is 0 Å². The molecule has 16 heavy (non-hydrogen) atoms. The molecule has 1 N–H and O–H groups in total. The molecule has 1 aliphatic rings. The average Bonchev–Trinajstić information content (AvgIpc) is 2.28. The van der Waals surface area contributed by atoms with Gasteiger partial charge < -0.3 is 5.11 Å². The van der Waals surface area contributed by atoms with E-state index < -0.39 is 12.3 Å². The lowest BCUT2D eigenvalue weighted by Crippen LogP contribution is -2.30. The van der Waals surface area contributed by atoms with Crippen LogP contribution in [-0.4, -0.2) is 17.4 Å². The van der Waals surface area contributed by atoms with Gasteiger partial charge in [-0.25, -0.2) is 4.39 Å². The van der Waals surface area contributed by atoms with Gasteiger partial charge in [0, 0.05) is 0 Å². The zero-order valence-electron chi connectivity index (χ0n) is 10.6. The Morgan fingerprint density at radius 3 is 2.44 bits per heavy atom. The predicted molar refractivity (Wildman–Crippen MR) is 66.2 cm³/mol. The third-order valence-electron chi connectivity index (χ3n) is 3.81. The molecule has 1 nitrogen and oxygen atoms in total. The van der Waals surface area contributed by atoms with E-state index in [1.165, 1.54) is 44.9 Å². The maximum atomic E-state index is 13.3. The molecule has 2 heteroatoms. The molecule has 3 atom stereocenters. The number of aliphatic hydroxyl groups is 1. The van der Waals surface area contributed by atoms with Crippen molar-refractivity contribution in [2.75, 3.05) is 0 Å². The van der Waals surface area contributed by atoms with Crippen molar-refractivity contribution in [3.8, 4) is 0 Å². The Labute approximate surface area is 99.4 Å². The summed E-state index contributed by atoms with van der Waals surface area (Å²) in [6.07, 6.45) is 9.69. The summed E-state index contributed by atoms with van der Waals surface area (Å²) in [4.78, 5) is 0. The molecule has 96 valence electrons. The molecule has 1 aliphatic carbocycles. The van der Waals surface area contributed by atoms with Crippen LogP contribution in [0.4, 0.5) is 4.39 Å². The van der Waals surface area contributed by atoms with Gasteiger partial charge >= 0.3 is 0 Å². The van der Waals surface area contributed by atoms with Gasteiger partial charge in [-0.1, -0.05) is 51.9 Å². The van der Waals surface area contributed by atoms with Crippen molar-refractivity contribution in [3.63, 3.8) is 0 Å². The van der Waals surface area contributed by atoms with E-state index in [4.69, 9.17) is 0 Å². The van der Waals surface area contributed by atoms with Gasteiger partial charge in [0.15, 0.2) is 0 Å². The fourth-order valence-electron chi connectivity index (χ4n) is 2.66. The highest BCUT2D eigenvalue weighted by Crippen LogP contribution is 2.30. The maximum absolute atomic E-state index is 13.3. The first-order valence-electron chi connectivity index (χ1n) is 7.06. The van der Waals surface area contributed by atoms with Crippen molar-refractivity contribution in [2.24, 2.45) is 5.92 Å². The minimum Gasteiger partial charge on any atom is -0.390 e. The largest absolute Gasteiger partial charge is 0.390 e. The van der Waals surface area contributed by atoms with Gasteiger partial charge in [-0.3, -0.25) is 0 Å².